The minimum Gasteiger partial charge on any atom is -0.505 e. The summed E-state index contributed by atoms with van der Waals surface area (Å²) in [6.45, 7) is 0. The van der Waals surface area contributed by atoms with E-state index in [2.05, 4.69) is 0 Å². The van der Waals surface area contributed by atoms with Gasteiger partial charge in [-0.05, 0) is 17.7 Å². The molecule has 1 aromatic carbocycles. The summed E-state index contributed by atoms with van der Waals surface area (Å²) in [7, 11) is -4.61. The third kappa shape index (κ3) is 2.51. The molecule has 82 valence electrons. The predicted molar refractivity (Wildman–Crippen MR) is 48.4 cm³/mol. The quantitative estimate of drug-likeness (QED) is 0.592. The lowest BCUT2D eigenvalue weighted by Crippen LogP contribution is -2.13. The van der Waals surface area contributed by atoms with Crippen LogP contribution in [0.25, 0.3) is 0 Å². The van der Waals surface area contributed by atoms with E-state index in [0.717, 1.165) is 12.1 Å². The van der Waals surface area contributed by atoms with Crippen LogP contribution in [0.2, 0.25) is 0 Å². The van der Waals surface area contributed by atoms with Crippen LogP contribution in [0.3, 0.4) is 0 Å². The third-order valence-corrected chi connectivity index (χ3v) is 2.77. The predicted octanol–water partition coefficient (Wildman–Crippen LogP) is 0.659. The molecular formula is C8H7FO5S. The van der Waals surface area contributed by atoms with E-state index >= 15 is 0 Å². The molecule has 2 N–H and O–H groups in total. The van der Waals surface area contributed by atoms with Crippen molar-refractivity contribution in [3.8, 4) is 5.75 Å². The number of benzene rings is 1. The van der Waals surface area contributed by atoms with Gasteiger partial charge in [-0.2, -0.15) is 8.42 Å². The lowest BCUT2D eigenvalue weighted by atomic mass is 10.1. The Kier molecular flexibility index (Phi) is 3.06. The fourth-order valence-corrected chi connectivity index (χ4v) is 1.65. The zero-order valence-electron chi connectivity index (χ0n) is 7.29. The highest BCUT2D eigenvalue weighted by Gasteiger charge is 2.25. The van der Waals surface area contributed by atoms with Gasteiger partial charge in [0.1, 0.15) is 6.29 Å². The molecule has 1 aromatic rings. The zero-order chi connectivity index (χ0) is 11.6. The van der Waals surface area contributed by atoms with Crippen LogP contribution in [0.4, 0.5) is 4.39 Å². The molecule has 0 saturated carbocycles. The minimum atomic E-state index is -4.61. The second-order valence-electron chi connectivity index (χ2n) is 2.78. The molecule has 0 aliphatic carbocycles. The number of halogens is 1. The molecule has 7 heteroatoms. The minimum absolute atomic E-state index is 0.0266. The number of aldehydes is 1. The number of hydrogen-bond donors (Lipinski definition) is 2. The molecule has 0 aromatic heterocycles. The first-order chi connectivity index (χ1) is 6.86. The van der Waals surface area contributed by atoms with Crippen molar-refractivity contribution >= 4 is 16.4 Å². The summed E-state index contributed by atoms with van der Waals surface area (Å²) in [6, 6.07) is 2.60. The standard InChI is InChI=1S/C8H7FO5S/c9-6-3-5(1-2-7(6)11)8(4-10)15(12,13)14/h1-4,8,11H,(H,12,13,14). The Morgan fingerprint density at radius 3 is 2.40 bits per heavy atom. The molecule has 0 radical (unpaired) electrons. The molecule has 0 amide bonds. The maximum atomic E-state index is 12.8. The molecule has 0 heterocycles. The van der Waals surface area contributed by atoms with Gasteiger partial charge in [0.2, 0.25) is 0 Å². The number of aromatic hydroxyl groups is 1. The van der Waals surface area contributed by atoms with Gasteiger partial charge in [0.25, 0.3) is 10.1 Å². The maximum absolute atomic E-state index is 12.8. The monoisotopic (exact) mass is 234 g/mol. The number of hydrogen-bond acceptors (Lipinski definition) is 4. The summed E-state index contributed by atoms with van der Waals surface area (Å²) < 4.78 is 42.9. The first kappa shape index (κ1) is 11.6. The van der Waals surface area contributed by atoms with E-state index in [4.69, 9.17) is 9.66 Å². The van der Waals surface area contributed by atoms with Crippen molar-refractivity contribution in [2.24, 2.45) is 0 Å². The number of carbonyl (C=O) groups excluding carboxylic acids is 1. The van der Waals surface area contributed by atoms with Gasteiger partial charge in [-0.25, -0.2) is 4.39 Å². The van der Waals surface area contributed by atoms with Crippen LogP contribution in [0, 0.1) is 5.82 Å². The van der Waals surface area contributed by atoms with Crippen molar-refractivity contribution in [2.75, 3.05) is 0 Å². The van der Waals surface area contributed by atoms with Gasteiger partial charge in [-0.3, -0.25) is 4.55 Å². The highest BCUT2D eigenvalue weighted by Crippen LogP contribution is 2.24. The Labute approximate surface area is 84.9 Å². The summed E-state index contributed by atoms with van der Waals surface area (Å²) in [6.07, 6.45) is -0.0266. The van der Waals surface area contributed by atoms with E-state index in [0.29, 0.717) is 6.07 Å². The molecule has 0 bridgehead atoms. The molecule has 1 atom stereocenters. The summed E-state index contributed by atoms with van der Waals surface area (Å²) in [4.78, 5) is 10.4. The normalized spacial score (nSPS) is 13.5. The second-order valence-corrected chi connectivity index (χ2v) is 4.32. The van der Waals surface area contributed by atoms with Gasteiger partial charge in [0, 0.05) is 0 Å². The van der Waals surface area contributed by atoms with Gasteiger partial charge in [0.05, 0.1) is 0 Å². The third-order valence-electron chi connectivity index (χ3n) is 1.74. The van der Waals surface area contributed by atoms with Crippen LogP contribution in [0.15, 0.2) is 18.2 Å². The Hall–Kier alpha value is -1.47. The van der Waals surface area contributed by atoms with E-state index in [1.165, 1.54) is 0 Å². The van der Waals surface area contributed by atoms with Crippen LogP contribution < -0.4 is 0 Å². The van der Waals surface area contributed by atoms with Crippen molar-refractivity contribution in [3.63, 3.8) is 0 Å². The topological polar surface area (TPSA) is 91.7 Å². The molecule has 0 saturated heterocycles. The number of phenols is 1. The first-order valence-electron chi connectivity index (χ1n) is 3.76. The number of rotatable bonds is 3. The van der Waals surface area contributed by atoms with E-state index in [1.807, 2.05) is 0 Å². The summed E-state index contributed by atoms with van der Waals surface area (Å²) in [5.41, 5.74) is -0.247. The fourth-order valence-electron chi connectivity index (χ4n) is 1.02. The van der Waals surface area contributed by atoms with Crippen molar-refractivity contribution in [2.45, 2.75) is 5.25 Å². The molecule has 0 spiro atoms. The SMILES string of the molecule is O=CC(c1ccc(O)c(F)c1)S(=O)(=O)O. The number of carbonyl (C=O) groups is 1. The molecule has 0 aliphatic heterocycles. The van der Waals surface area contributed by atoms with Crippen LogP contribution in [-0.4, -0.2) is 24.4 Å². The number of phenolic OH excluding ortho intramolecular Hbond substituents is 1. The Morgan fingerprint density at radius 1 is 1.40 bits per heavy atom. The second kappa shape index (κ2) is 3.95. The van der Waals surface area contributed by atoms with E-state index in [9.17, 15) is 17.6 Å². The van der Waals surface area contributed by atoms with Gasteiger partial charge in [-0.1, -0.05) is 6.07 Å². The highest BCUT2D eigenvalue weighted by atomic mass is 32.2. The maximum Gasteiger partial charge on any atom is 0.278 e. The van der Waals surface area contributed by atoms with Crippen molar-refractivity contribution in [1.29, 1.82) is 0 Å². The van der Waals surface area contributed by atoms with Crippen LogP contribution in [0.1, 0.15) is 10.8 Å². The zero-order valence-corrected chi connectivity index (χ0v) is 8.11. The summed E-state index contributed by atoms with van der Waals surface area (Å²) in [5.74, 6) is -1.73. The van der Waals surface area contributed by atoms with Crippen LogP contribution in [0.5, 0.6) is 5.75 Å². The molecule has 5 nitrogen and oxygen atoms in total. The van der Waals surface area contributed by atoms with Gasteiger partial charge in [-0.15, -0.1) is 0 Å². The van der Waals surface area contributed by atoms with Gasteiger partial charge < -0.3 is 9.90 Å². The van der Waals surface area contributed by atoms with E-state index in [-0.39, 0.29) is 11.8 Å². The summed E-state index contributed by atoms with van der Waals surface area (Å²) >= 11 is 0. The fraction of sp³-hybridized carbons (Fsp3) is 0.125. The van der Waals surface area contributed by atoms with E-state index < -0.39 is 26.9 Å². The Balaban J connectivity index is 3.26. The lowest BCUT2D eigenvalue weighted by Gasteiger charge is -2.07. The molecule has 0 aliphatic rings. The molecule has 1 rings (SSSR count). The smallest absolute Gasteiger partial charge is 0.278 e. The van der Waals surface area contributed by atoms with Crippen molar-refractivity contribution in [3.05, 3.63) is 29.6 Å². The average molecular weight is 234 g/mol. The molecule has 1 unspecified atom stereocenters. The van der Waals surface area contributed by atoms with Crippen LogP contribution >= 0.6 is 0 Å². The van der Waals surface area contributed by atoms with Crippen molar-refractivity contribution in [1.82, 2.24) is 0 Å². The summed E-state index contributed by atoms with van der Waals surface area (Å²) in [5, 5.41) is 6.99. The van der Waals surface area contributed by atoms with Gasteiger partial charge in [0.15, 0.2) is 16.8 Å². The Morgan fingerprint density at radius 2 is 2.00 bits per heavy atom. The van der Waals surface area contributed by atoms with Crippen LogP contribution in [-0.2, 0) is 14.9 Å². The van der Waals surface area contributed by atoms with Gasteiger partial charge >= 0.3 is 0 Å². The largest absolute Gasteiger partial charge is 0.505 e. The highest BCUT2D eigenvalue weighted by molar-refractivity contribution is 7.86. The molecule has 0 fully saturated rings. The average Bonchev–Trinajstić information content (AvgIpc) is 2.10. The van der Waals surface area contributed by atoms with Crippen molar-refractivity contribution < 1.29 is 27.3 Å². The molecule has 15 heavy (non-hydrogen) atoms. The lowest BCUT2D eigenvalue weighted by molar-refractivity contribution is -0.107. The Bertz CT molecular complexity index is 482. The first-order valence-corrected chi connectivity index (χ1v) is 5.26. The molecular weight excluding hydrogens is 227 g/mol. The van der Waals surface area contributed by atoms with E-state index in [1.54, 1.807) is 0 Å².